The lowest BCUT2D eigenvalue weighted by Gasteiger charge is -2.01. The van der Waals surface area contributed by atoms with Gasteiger partial charge in [0, 0.05) is 28.6 Å². The van der Waals surface area contributed by atoms with Crippen molar-refractivity contribution in [1.29, 1.82) is 0 Å². The highest BCUT2D eigenvalue weighted by Gasteiger charge is 2.02. The van der Waals surface area contributed by atoms with Crippen LogP contribution in [0.1, 0.15) is 0 Å². The number of hydrogen-bond donors (Lipinski definition) is 1. The van der Waals surface area contributed by atoms with E-state index in [2.05, 4.69) is 26.6 Å². The van der Waals surface area contributed by atoms with Gasteiger partial charge in [0.1, 0.15) is 17.5 Å². The molecule has 0 aliphatic carbocycles. The van der Waals surface area contributed by atoms with Crippen molar-refractivity contribution in [2.24, 2.45) is 0 Å². The Labute approximate surface area is 75.7 Å². The van der Waals surface area contributed by atoms with Crippen molar-refractivity contribution in [2.75, 3.05) is 18.6 Å². The normalized spacial score (nSPS) is 22.0. The largest absolute Gasteiger partial charge is 0.305 e. The Morgan fingerprint density at radius 2 is 1.91 bits per heavy atom. The van der Waals surface area contributed by atoms with Gasteiger partial charge in [-0.15, -0.1) is 0 Å². The van der Waals surface area contributed by atoms with E-state index in [1.807, 2.05) is 0 Å². The van der Waals surface area contributed by atoms with Gasteiger partial charge in [0.15, 0.2) is 0 Å². The molecule has 0 bridgehead atoms. The molecule has 0 aliphatic rings. The fourth-order valence-electron chi connectivity index (χ4n) is 0.291. The minimum Gasteiger partial charge on any atom is -0.305 e. The van der Waals surface area contributed by atoms with Crippen molar-refractivity contribution in [1.82, 2.24) is 0 Å². The summed E-state index contributed by atoms with van der Waals surface area (Å²) in [7, 11) is -5.91. The Balaban J connectivity index is 3.79. The molecule has 0 aliphatic heterocycles. The van der Waals surface area contributed by atoms with E-state index < -0.39 is 17.5 Å². The zero-order chi connectivity index (χ0) is 9.12. The van der Waals surface area contributed by atoms with E-state index in [1.165, 1.54) is 6.26 Å². The smallest absolute Gasteiger partial charge is 0.143 e. The zero-order valence-electron chi connectivity index (χ0n) is 5.72. The molecule has 4 nitrogen and oxygen atoms in total. The molecule has 1 N–H and O–H groups in total. The van der Waals surface area contributed by atoms with Crippen LogP contribution in [0, 0.1) is 0 Å². The van der Waals surface area contributed by atoms with E-state index >= 15 is 0 Å². The van der Waals surface area contributed by atoms with Crippen LogP contribution in [-0.2, 0) is 44.1 Å². The van der Waals surface area contributed by atoms with Crippen LogP contribution in [-0.4, -0.2) is 31.6 Å². The van der Waals surface area contributed by atoms with Crippen molar-refractivity contribution >= 4 is 39.9 Å². The van der Waals surface area contributed by atoms with Crippen LogP contribution in [0.15, 0.2) is 0 Å². The van der Waals surface area contributed by atoms with Gasteiger partial charge in [0.05, 0.1) is 12.4 Å². The van der Waals surface area contributed by atoms with Crippen molar-refractivity contribution in [3.63, 3.8) is 0 Å². The first kappa shape index (κ1) is 11.7. The molecule has 0 heterocycles. The second-order valence-corrected chi connectivity index (χ2v) is 8.41. The summed E-state index contributed by atoms with van der Waals surface area (Å²) in [6, 6.07) is 0. The highest BCUT2D eigenvalue weighted by atomic mass is 32.8. The van der Waals surface area contributed by atoms with Crippen LogP contribution in [0.5, 0.6) is 0 Å². The summed E-state index contributed by atoms with van der Waals surface area (Å²) in [5.74, 6) is -0.218. The van der Waals surface area contributed by atoms with Crippen LogP contribution >= 0.6 is 0 Å². The van der Waals surface area contributed by atoms with Gasteiger partial charge in [-0.2, -0.15) is 0 Å². The first-order chi connectivity index (χ1) is 4.71. The molecule has 0 spiro atoms. The van der Waals surface area contributed by atoms with Gasteiger partial charge in [-0.1, -0.05) is 0 Å². The van der Waals surface area contributed by atoms with Gasteiger partial charge in [-0.25, -0.2) is 8.42 Å². The molecular weight excluding hydrogens is 228 g/mol. The lowest BCUT2D eigenvalue weighted by atomic mass is 10.9. The molecule has 11 heavy (non-hydrogen) atoms. The average Bonchev–Trinajstić information content (AvgIpc) is 1.55. The van der Waals surface area contributed by atoms with Gasteiger partial charge in [-0.05, 0) is 0 Å². The topological polar surface area (TPSA) is 63.6 Å². The van der Waals surface area contributed by atoms with Crippen molar-refractivity contribution < 1.29 is 17.2 Å². The monoisotopic (exact) mass is 236 g/mol. The first-order valence-electron chi connectivity index (χ1n) is 2.50. The van der Waals surface area contributed by atoms with Crippen LogP contribution < -0.4 is 0 Å². The molecule has 0 radical (unpaired) electrons. The molecule has 2 unspecified atom stereocenters. The van der Waals surface area contributed by atoms with Crippen LogP contribution in [0.2, 0.25) is 0 Å². The maximum atomic E-state index is 10.7. The molecule has 0 rings (SSSR count). The predicted molar refractivity (Wildman–Crippen MR) is 50.4 cm³/mol. The SMILES string of the molecule is CS(=O)(=S)OCCS(=O)(O)=S. The lowest BCUT2D eigenvalue weighted by Crippen LogP contribution is -2.12. The number of hydrogen-bond acceptors (Lipinski definition) is 5. The van der Waals surface area contributed by atoms with Crippen LogP contribution in [0.25, 0.3) is 0 Å². The molecule has 0 saturated heterocycles. The van der Waals surface area contributed by atoms with Gasteiger partial charge >= 0.3 is 0 Å². The second-order valence-electron chi connectivity index (χ2n) is 1.81. The van der Waals surface area contributed by atoms with Gasteiger partial charge in [-0.3, -0.25) is 4.18 Å². The zero-order valence-corrected chi connectivity index (χ0v) is 8.99. The minimum atomic E-state index is -3.21. The highest BCUT2D eigenvalue weighted by molar-refractivity contribution is 8.30. The van der Waals surface area contributed by atoms with Crippen LogP contribution in [0.4, 0.5) is 0 Å². The standard InChI is InChI=1S/C3H8O4S4/c1-10(4,8)7-2-3-11(5,6)9/h2-3H2,1H3,(H,5,6,9). The van der Waals surface area contributed by atoms with Crippen LogP contribution in [0.3, 0.4) is 0 Å². The molecule has 0 aromatic rings. The van der Waals surface area contributed by atoms with E-state index in [1.54, 1.807) is 0 Å². The highest BCUT2D eigenvalue weighted by Crippen LogP contribution is 1.90. The van der Waals surface area contributed by atoms with E-state index in [4.69, 9.17) is 4.55 Å². The van der Waals surface area contributed by atoms with Crippen molar-refractivity contribution in [2.45, 2.75) is 0 Å². The van der Waals surface area contributed by atoms with Gasteiger partial charge in [0.25, 0.3) is 0 Å². The molecule has 0 amide bonds. The third kappa shape index (κ3) is 10.7. The van der Waals surface area contributed by atoms with Crippen molar-refractivity contribution in [3.8, 4) is 0 Å². The van der Waals surface area contributed by atoms with Gasteiger partial charge in [0.2, 0.25) is 0 Å². The lowest BCUT2D eigenvalue weighted by molar-refractivity contribution is 0.372. The Hall–Kier alpha value is 0.660. The van der Waals surface area contributed by atoms with Gasteiger partial charge < -0.3 is 4.55 Å². The summed E-state index contributed by atoms with van der Waals surface area (Å²) in [6.45, 7) is -0.141. The van der Waals surface area contributed by atoms with E-state index in [0.717, 1.165) is 0 Å². The van der Waals surface area contributed by atoms with E-state index in [-0.39, 0.29) is 12.4 Å². The third-order valence-electron chi connectivity index (χ3n) is 0.639. The molecule has 68 valence electrons. The first-order valence-corrected chi connectivity index (χ1v) is 7.93. The number of rotatable bonds is 4. The Bertz CT molecular complexity index is 266. The molecular formula is C3H8O4S4. The quantitative estimate of drug-likeness (QED) is 0.711. The summed E-state index contributed by atoms with van der Waals surface area (Å²) in [4.78, 5) is 0. The maximum Gasteiger partial charge on any atom is 0.143 e. The molecule has 0 fully saturated rings. The summed E-state index contributed by atoms with van der Waals surface area (Å²) >= 11 is 8.52. The van der Waals surface area contributed by atoms with E-state index in [0.29, 0.717) is 0 Å². The summed E-state index contributed by atoms with van der Waals surface area (Å²) < 4.78 is 34.2. The predicted octanol–water partition coefficient (Wildman–Crippen LogP) is -0.487. The summed E-state index contributed by atoms with van der Waals surface area (Å²) in [5, 5.41) is 0. The molecule has 0 aromatic carbocycles. The summed E-state index contributed by atoms with van der Waals surface area (Å²) in [5.41, 5.74) is 0. The Morgan fingerprint density at radius 3 is 2.18 bits per heavy atom. The summed E-state index contributed by atoms with van der Waals surface area (Å²) in [6.07, 6.45) is 1.23. The third-order valence-corrected chi connectivity index (χ3v) is 2.70. The fourth-order valence-corrected chi connectivity index (χ4v) is 1.48. The molecule has 8 heteroatoms. The fraction of sp³-hybridized carbons (Fsp3) is 1.00. The maximum absolute atomic E-state index is 10.7. The average molecular weight is 236 g/mol. The molecule has 0 saturated carbocycles. The Kier molecular flexibility index (Phi) is 4.30. The minimum absolute atomic E-state index is 0.141. The molecule has 0 aromatic heterocycles. The van der Waals surface area contributed by atoms with E-state index in [9.17, 15) is 8.42 Å². The van der Waals surface area contributed by atoms with Crippen molar-refractivity contribution in [3.05, 3.63) is 0 Å². The second kappa shape index (κ2) is 4.06. The molecule has 2 atom stereocenters. The Morgan fingerprint density at radius 1 is 1.45 bits per heavy atom.